The van der Waals surface area contributed by atoms with E-state index in [0.29, 0.717) is 39.2 Å². The number of rotatable bonds is 5. The van der Waals surface area contributed by atoms with Crippen molar-refractivity contribution >= 4 is 34.6 Å². The van der Waals surface area contributed by atoms with Crippen LogP contribution in [0.5, 0.6) is 11.8 Å². The molecule has 8 heteroatoms. The lowest BCUT2D eigenvalue weighted by Gasteiger charge is -2.18. The number of aromatic carboxylic acids is 1. The van der Waals surface area contributed by atoms with Crippen LogP contribution in [0.25, 0.3) is 11.2 Å². The quantitative estimate of drug-likeness (QED) is 0.424. The number of hydrogen-bond donors (Lipinski definition) is 2. The Labute approximate surface area is 189 Å². The number of benzene rings is 2. The number of aromatic amines is 1. The van der Waals surface area contributed by atoms with Crippen LogP contribution >= 0.6 is 11.6 Å². The summed E-state index contributed by atoms with van der Waals surface area (Å²) < 4.78 is 5.76. The lowest BCUT2D eigenvalue weighted by molar-refractivity contribution is 0.0695. The minimum atomic E-state index is -1.00. The molecule has 7 nitrogen and oxygen atoms in total. The number of ether oxygens (including phenoxy) is 1. The van der Waals surface area contributed by atoms with E-state index in [2.05, 4.69) is 44.1 Å². The molecule has 4 aromatic rings. The first-order chi connectivity index (χ1) is 15.5. The maximum Gasteiger partial charge on any atom is 0.336 e. The summed E-state index contributed by atoms with van der Waals surface area (Å²) in [5.41, 5.74) is 3.31. The number of carboxylic acids is 1. The summed E-state index contributed by atoms with van der Waals surface area (Å²) in [4.78, 5) is 25.7. The van der Waals surface area contributed by atoms with Crippen LogP contribution in [0.2, 0.25) is 5.02 Å². The van der Waals surface area contributed by atoms with Crippen LogP contribution in [0.15, 0.2) is 54.6 Å². The van der Waals surface area contributed by atoms with E-state index in [4.69, 9.17) is 16.3 Å². The van der Waals surface area contributed by atoms with Crippen LogP contribution in [0.3, 0.4) is 0 Å². The molecule has 0 spiro atoms. The predicted molar refractivity (Wildman–Crippen MR) is 123 cm³/mol. The minimum Gasteiger partial charge on any atom is -0.478 e. The van der Waals surface area contributed by atoms with Crippen LogP contribution in [0.1, 0.15) is 33.8 Å². The number of nitrogens with one attached hydrogen (secondary N) is 1. The summed E-state index contributed by atoms with van der Waals surface area (Å²) in [6.07, 6.45) is 1.04. The Morgan fingerprint density at radius 2 is 2.00 bits per heavy atom. The molecule has 2 aromatic heterocycles. The fourth-order valence-electron chi connectivity index (χ4n) is 4.11. The highest BCUT2D eigenvalue weighted by Crippen LogP contribution is 2.35. The number of fused-ring (bicyclic) bond motifs is 1. The summed E-state index contributed by atoms with van der Waals surface area (Å²) in [5, 5.41) is 9.86. The number of carbonyl (C=O) groups is 1. The number of imidazole rings is 1. The van der Waals surface area contributed by atoms with Crippen LogP contribution in [0.4, 0.5) is 5.82 Å². The molecular weight excluding hydrogens is 428 g/mol. The van der Waals surface area contributed by atoms with Crippen LogP contribution in [-0.2, 0) is 0 Å². The van der Waals surface area contributed by atoms with Crippen molar-refractivity contribution in [2.24, 2.45) is 0 Å². The molecule has 0 aliphatic carbocycles. The fraction of sp³-hybridized carbons (Fsp3) is 0.208. The van der Waals surface area contributed by atoms with E-state index in [1.54, 1.807) is 25.1 Å². The van der Waals surface area contributed by atoms with E-state index < -0.39 is 5.97 Å². The third kappa shape index (κ3) is 3.87. The molecule has 5 rings (SSSR count). The Kier molecular flexibility index (Phi) is 5.19. The average molecular weight is 449 g/mol. The Morgan fingerprint density at radius 3 is 2.78 bits per heavy atom. The summed E-state index contributed by atoms with van der Waals surface area (Å²) in [6, 6.07) is 17.4. The number of hydrogen-bond acceptors (Lipinski definition) is 5. The first kappa shape index (κ1) is 20.3. The van der Waals surface area contributed by atoms with Gasteiger partial charge < -0.3 is 19.7 Å². The zero-order chi connectivity index (χ0) is 22.2. The van der Waals surface area contributed by atoms with Crippen molar-refractivity contribution < 1.29 is 14.6 Å². The van der Waals surface area contributed by atoms with Crippen molar-refractivity contribution in [1.29, 1.82) is 0 Å². The second kappa shape index (κ2) is 8.16. The minimum absolute atomic E-state index is 0.184. The Hall–Kier alpha value is -3.58. The molecule has 1 fully saturated rings. The van der Waals surface area contributed by atoms with E-state index in [1.165, 1.54) is 11.6 Å². The summed E-state index contributed by atoms with van der Waals surface area (Å²) >= 11 is 6.56. The molecular formula is C24H21ClN4O3. The van der Waals surface area contributed by atoms with E-state index in [0.717, 1.165) is 19.5 Å². The lowest BCUT2D eigenvalue weighted by Crippen LogP contribution is -2.20. The van der Waals surface area contributed by atoms with Gasteiger partial charge in [0.15, 0.2) is 5.65 Å². The zero-order valence-electron chi connectivity index (χ0n) is 17.4. The molecule has 1 saturated heterocycles. The maximum atomic E-state index is 11.4. The van der Waals surface area contributed by atoms with Gasteiger partial charge in [0, 0.05) is 19.0 Å². The summed E-state index contributed by atoms with van der Waals surface area (Å²) in [7, 11) is 0. The van der Waals surface area contributed by atoms with Gasteiger partial charge in [0.05, 0.1) is 16.1 Å². The number of halogens is 1. The molecule has 0 saturated carbocycles. The molecule has 32 heavy (non-hydrogen) atoms. The highest BCUT2D eigenvalue weighted by Gasteiger charge is 2.27. The van der Waals surface area contributed by atoms with E-state index in [9.17, 15) is 9.90 Å². The van der Waals surface area contributed by atoms with Crippen molar-refractivity contribution in [3.8, 4) is 11.8 Å². The number of pyridine rings is 1. The van der Waals surface area contributed by atoms with Gasteiger partial charge in [0.25, 0.3) is 0 Å². The molecule has 0 amide bonds. The largest absolute Gasteiger partial charge is 0.478 e. The topological polar surface area (TPSA) is 91.3 Å². The second-order valence-corrected chi connectivity index (χ2v) is 8.34. The smallest absolute Gasteiger partial charge is 0.336 e. The van der Waals surface area contributed by atoms with E-state index in [-0.39, 0.29) is 11.6 Å². The zero-order valence-corrected chi connectivity index (χ0v) is 18.1. The average Bonchev–Trinajstić information content (AvgIpc) is 3.41. The first-order valence-corrected chi connectivity index (χ1v) is 10.7. The standard InChI is InChI=1S/C24H21ClN4O3/c1-14-7-8-17(11-18(14)23(30)31)32-24-26-20-12-19(25)22(27-21(20)28-24)29-10-9-16(13-29)15-5-3-2-4-6-15/h2-8,11-12,16H,9-10,13H2,1H3,(H,30,31)(H,26,27,28). The number of carboxylic acid groups (broad SMARTS) is 1. The summed E-state index contributed by atoms with van der Waals surface area (Å²) in [6.45, 7) is 3.45. The molecule has 0 bridgehead atoms. The van der Waals surface area contributed by atoms with Gasteiger partial charge >= 0.3 is 12.0 Å². The van der Waals surface area contributed by atoms with Crippen LogP contribution in [0, 0.1) is 6.92 Å². The van der Waals surface area contributed by atoms with Gasteiger partial charge in [0.2, 0.25) is 0 Å². The van der Waals surface area contributed by atoms with Crippen molar-refractivity contribution in [3.63, 3.8) is 0 Å². The van der Waals surface area contributed by atoms with Gasteiger partial charge in [-0.2, -0.15) is 4.98 Å². The predicted octanol–water partition coefficient (Wildman–Crippen LogP) is 5.40. The third-order valence-corrected chi connectivity index (χ3v) is 6.08. The molecule has 0 radical (unpaired) electrons. The molecule has 1 aliphatic heterocycles. The third-order valence-electron chi connectivity index (χ3n) is 5.80. The van der Waals surface area contributed by atoms with Gasteiger partial charge in [-0.3, -0.25) is 0 Å². The summed E-state index contributed by atoms with van der Waals surface area (Å²) in [5.74, 6) is 0.519. The molecule has 2 aromatic carbocycles. The van der Waals surface area contributed by atoms with Crippen LogP contribution < -0.4 is 9.64 Å². The number of anilines is 1. The van der Waals surface area contributed by atoms with Crippen LogP contribution in [-0.4, -0.2) is 39.1 Å². The van der Waals surface area contributed by atoms with Crippen molar-refractivity contribution in [1.82, 2.24) is 15.0 Å². The van der Waals surface area contributed by atoms with Gasteiger partial charge in [0.1, 0.15) is 11.6 Å². The Bertz CT molecular complexity index is 1310. The van der Waals surface area contributed by atoms with E-state index >= 15 is 0 Å². The van der Waals surface area contributed by atoms with Gasteiger partial charge in [-0.1, -0.05) is 48.0 Å². The van der Waals surface area contributed by atoms with Gasteiger partial charge in [-0.15, -0.1) is 0 Å². The van der Waals surface area contributed by atoms with Crippen molar-refractivity contribution in [2.75, 3.05) is 18.0 Å². The molecule has 1 unspecified atom stereocenters. The number of nitrogens with zero attached hydrogens (tertiary/aromatic N) is 3. The molecule has 162 valence electrons. The normalized spacial score (nSPS) is 15.9. The Balaban J connectivity index is 1.39. The monoisotopic (exact) mass is 448 g/mol. The highest BCUT2D eigenvalue weighted by molar-refractivity contribution is 6.33. The molecule has 1 aliphatic rings. The van der Waals surface area contributed by atoms with Gasteiger partial charge in [-0.05, 0) is 42.7 Å². The van der Waals surface area contributed by atoms with Crippen molar-refractivity contribution in [2.45, 2.75) is 19.3 Å². The van der Waals surface area contributed by atoms with Gasteiger partial charge in [-0.25, -0.2) is 9.78 Å². The highest BCUT2D eigenvalue weighted by atomic mass is 35.5. The number of aryl methyl sites for hydroxylation is 1. The van der Waals surface area contributed by atoms with Crippen molar-refractivity contribution in [3.05, 3.63) is 76.3 Å². The first-order valence-electron chi connectivity index (χ1n) is 10.4. The molecule has 3 heterocycles. The maximum absolute atomic E-state index is 11.4. The molecule has 1 atom stereocenters. The lowest BCUT2D eigenvalue weighted by atomic mass is 9.99. The van der Waals surface area contributed by atoms with E-state index in [1.807, 2.05) is 6.07 Å². The SMILES string of the molecule is Cc1ccc(Oc2nc3nc(N4CCC(c5ccccc5)C4)c(Cl)cc3[nH]2)cc1C(=O)O. The fourth-order valence-corrected chi connectivity index (χ4v) is 4.38. The second-order valence-electron chi connectivity index (χ2n) is 7.93. The number of H-pyrrole nitrogens is 1. The molecule has 2 N–H and O–H groups in total. The number of aromatic nitrogens is 3. The Morgan fingerprint density at radius 1 is 1.19 bits per heavy atom.